The summed E-state index contributed by atoms with van der Waals surface area (Å²) in [6, 6.07) is 5.59. The molecule has 1 aromatic carbocycles. The second-order valence-corrected chi connectivity index (χ2v) is 2.86. The summed E-state index contributed by atoms with van der Waals surface area (Å²) in [5.41, 5.74) is 9.35. The number of carbonyl (C=O) groups is 1. The zero-order valence-corrected chi connectivity index (χ0v) is 7.90. The average molecular weight is 213 g/mol. The average Bonchev–Trinajstić information content (AvgIpc) is 2.15. The number of nitrogens with two attached hydrogens (primary N) is 1. The van der Waals surface area contributed by atoms with Crippen molar-refractivity contribution < 1.29 is 9.18 Å². The van der Waals surface area contributed by atoms with Crippen LogP contribution in [0.15, 0.2) is 24.3 Å². The predicted octanol–water partition coefficient (Wildman–Crippen LogP) is 0.304. The van der Waals surface area contributed by atoms with Crippen LogP contribution < -0.4 is 16.6 Å². The number of halogens is 1. The van der Waals surface area contributed by atoms with Gasteiger partial charge < -0.3 is 5.73 Å². The lowest BCUT2D eigenvalue weighted by Crippen LogP contribution is -2.44. The lowest BCUT2D eigenvalue weighted by atomic mass is 10.2. The number of thiocarbonyl (C=S) groups is 1. The topological polar surface area (TPSA) is 67.2 Å². The van der Waals surface area contributed by atoms with Gasteiger partial charge in [0.25, 0.3) is 5.91 Å². The summed E-state index contributed by atoms with van der Waals surface area (Å²) in [6.45, 7) is 0. The standard InChI is InChI=1S/C8H8FN3OS/c9-6-4-2-1-3-5(6)7(13)11-12-8(10)14/h1-4H,(H,11,13)(H3,10,12,14). The van der Waals surface area contributed by atoms with Crippen LogP contribution in [0.3, 0.4) is 0 Å². The molecule has 0 fully saturated rings. The van der Waals surface area contributed by atoms with Gasteiger partial charge in [0.2, 0.25) is 0 Å². The molecule has 1 aromatic rings. The Hall–Kier alpha value is -1.69. The van der Waals surface area contributed by atoms with Crippen LogP contribution in [0.1, 0.15) is 10.4 Å². The molecule has 6 heteroatoms. The highest BCUT2D eigenvalue weighted by Crippen LogP contribution is 2.04. The van der Waals surface area contributed by atoms with Gasteiger partial charge in [0.05, 0.1) is 5.56 Å². The van der Waals surface area contributed by atoms with E-state index in [1.807, 2.05) is 0 Å². The number of carbonyl (C=O) groups excluding carboxylic acids is 1. The first-order chi connectivity index (χ1) is 6.61. The Bertz CT molecular complexity index is 369. The van der Waals surface area contributed by atoms with Crippen LogP contribution in [0, 0.1) is 5.82 Å². The van der Waals surface area contributed by atoms with Crippen molar-refractivity contribution in [3.63, 3.8) is 0 Å². The summed E-state index contributed by atoms with van der Waals surface area (Å²) >= 11 is 4.45. The number of nitrogens with one attached hydrogen (secondary N) is 2. The molecular weight excluding hydrogens is 205 g/mol. The molecule has 4 N–H and O–H groups in total. The smallest absolute Gasteiger partial charge is 0.272 e. The second kappa shape index (κ2) is 4.52. The van der Waals surface area contributed by atoms with Crippen molar-refractivity contribution in [3.05, 3.63) is 35.6 Å². The molecule has 1 amide bonds. The fraction of sp³-hybridized carbons (Fsp3) is 0. The van der Waals surface area contributed by atoms with Crippen molar-refractivity contribution in [2.75, 3.05) is 0 Å². The molecule has 0 bridgehead atoms. The molecule has 0 spiro atoms. The zero-order chi connectivity index (χ0) is 10.6. The molecule has 74 valence electrons. The van der Waals surface area contributed by atoms with Crippen LogP contribution in [0.4, 0.5) is 4.39 Å². The highest BCUT2D eigenvalue weighted by molar-refractivity contribution is 7.80. The van der Waals surface area contributed by atoms with Crippen LogP contribution in [0.5, 0.6) is 0 Å². The van der Waals surface area contributed by atoms with Gasteiger partial charge in [0.15, 0.2) is 5.11 Å². The van der Waals surface area contributed by atoms with Crippen molar-refractivity contribution in [2.24, 2.45) is 5.73 Å². The summed E-state index contributed by atoms with van der Waals surface area (Å²) in [5.74, 6) is -1.23. The van der Waals surface area contributed by atoms with E-state index < -0.39 is 11.7 Å². The van der Waals surface area contributed by atoms with Gasteiger partial charge in [-0.05, 0) is 24.4 Å². The van der Waals surface area contributed by atoms with Crippen molar-refractivity contribution >= 4 is 23.2 Å². The summed E-state index contributed by atoms with van der Waals surface area (Å²) < 4.78 is 13.0. The Morgan fingerprint density at radius 2 is 2.00 bits per heavy atom. The molecule has 0 unspecified atom stereocenters. The lowest BCUT2D eigenvalue weighted by molar-refractivity contribution is 0.0940. The maximum Gasteiger partial charge on any atom is 0.272 e. The zero-order valence-electron chi connectivity index (χ0n) is 7.08. The fourth-order valence-corrected chi connectivity index (χ4v) is 0.882. The monoisotopic (exact) mass is 213 g/mol. The van der Waals surface area contributed by atoms with Crippen LogP contribution in [-0.2, 0) is 0 Å². The van der Waals surface area contributed by atoms with Gasteiger partial charge in [-0.25, -0.2) is 4.39 Å². The number of hydrogen-bond donors (Lipinski definition) is 3. The molecule has 0 aliphatic rings. The van der Waals surface area contributed by atoms with Crippen molar-refractivity contribution in [2.45, 2.75) is 0 Å². The minimum atomic E-state index is -0.629. The Labute approximate surface area is 85.3 Å². The van der Waals surface area contributed by atoms with E-state index in [4.69, 9.17) is 5.73 Å². The second-order valence-electron chi connectivity index (χ2n) is 2.42. The van der Waals surface area contributed by atoms with E-state index in [2.05, 4.69) is 23.1 Å². The molecule has 1 rings (SSSR count). The van der Waals surface area contributed by atoms with Gasteiger partial charge in [0.1, 0.15) is 5.82 Å². The van der Waals surface area contributed by atoms with Gasteiger partial charge in [0, 0.05) is 0 Å². The molecule has 0 saturated carbocycles. The predicted molar refractivity (Wildman–Crippen MR) is 53.8 cm³/mol. The molecule has 14 heavy (non-hydrogen) atoms. The summed E-state index contributed by atoms with van der Waals surface area (Å²) in [4.78, 5) is 11.2. The summed E-state index contributed by atoms with van der Waals surface area (Å²) in [5, 5.41) is -0.0883. The highest BCUT2D eigenvalue weighted by atomic mass is 32.1. The van der Waals surface area contributed by atoms with Crippen LogP contribution in [0.2, 0.25) is 0 Å². The first kappa shape index (κ1) is 10.4. The number of hydrazine groups is 1. The number of amides is 1. The van der Waals surface area contributed by atoms with E-state index in [0.717, 1.165) is 0 Å². The molecule has 0 atom stereocenters. The first-order valence-electron chi connectivity index (χ1n) is 3.71. The molecule has 0 aliphatic carbocycles. The third kappa shape index (κ3) is 2.67. The summed E-state index contributed by atoms with van der Waals surface area (Å²) in [7, 11) is 0. The molecular formula is C8H8FN3OS. The van der Waals surface area contributed by atoms with E-state index in [1.54, 1.807) is 6.07 Å². The maximum atomic E-state index is 13.0. The van der Waals surface area contributed by atoms with Gasteiger partial charge in [-0.2, -0.15) is 0 Å². The van der Waals surface area contributed by atoms with Crippen LogP contribution in [0.25, 0.3) is 0 Å². The minimum absolute atomic E-state index is 0.0729. The van der Waals surface area contributed by atoms with Crippen molar-refractivity contribution in [1.29, 1.82) is 0 Å². The highest BCUT2D eigenvalue weighted by Gasteiger charge is 2.09. The van der Waals surface area contributed by atoms with E-state index >= 15 is 0 Å². The largest absolute Gasteiger partial charge is 0.375 e. The Kier molecular flexibility index (Phi) is 3.35. The summed E-state index contributed by atoms with van der Waals surface area (Å²) in [6.07, 6.45) is 0. The van der Waals surface area contributed by atoms with Gasteiger partial charge in [-0.15, -0.1) is 0 Å². The van der Waals surface area contributed by atoms with E-state index in [0.29, 0.717) is 0 Å². The molecule has 0 saturated heterocycles. The molecule has 0 radical (unpaired) electrons. The normalized spacial score (nSPS) is 9.21. The molecule has 0 aliphatic heterocycles. The van der Waals surface area contributed by atoms with Crippen molar-refractivity contribution in [1.82, 2.24) is 10.9 Å². The van der Waals surface area contributed by atoms with Gasteiger partial charge >= 0.3 is 0 Å². The minimum Gasteiger partial charge on any atom is -0.375 e. The lowest BCUT2D eigenvalue weighted by Gasteiger charge is -2.06. The van der Waals surface area contributed by atoms with Crippen LogP contribution in [-0.4, -0.2) is 11.0 Å². The first-order valence-corrected chi connectivity index (χ1v) is 4.12. The van der Waals surface area contributed by atoms with Gasteiger partial charge in [-0.1, -0.05) is 12.1 Å². The number of benzene rings is 1. The van der Waals surface area contributed by atoms with E-state index in [9.17, 15) is 9.18 Å². The third-order valence-corrected chi connectivity index (χ3v) is 1.52. The quantitative estimate of drug-likeness (QED) is 0.464. The third-order valence-electron chi connectivity index (χ3n) is 1.42. The van der Waals surface area contributed by atoms with E-state index in [1.165, 1.54) is 18.2 Å². The molecule has 0 heterocycles. The Morgan fingerprint density at radius 3 is 2.57 bits per heavy atom. The SMILES string of the molecule is NC(=S)NNC(=O)c1ccccc1F. The number of hydrogen-bond acceptors (Lipinski definition) is 2. The Balaban J connectivity index is 2.70. The fourth-order valence-electron chi connectivity index (χ4n) is 0.831. The van der Waals surface area contributed by atoms with Crippen molar-refractivity contribution in [3.8, 4) is 0 Å². The van der Waals surface area contributed by atoms with Crippen LogP contribution >= 0.6 is 12.2 Å². The van der Waals surface area contributed by atoms with Gasteiger partial charge in [-0.3, -0.25) is 15.6 Å². The molecule has 0 aromatic heterocycles. The Morgan fingerprint density at radius 1 is 1.36 bits per heavy atom. The number of rotatable bonds is 1. The van der Waals surface area contributed by atoms with E-state index in [-0.39, 0.29) is 10.7 Å². The molecule has 4 nitrogen and oxygen atoms in total. The maximum absolute atomic E-state index is 13.0.